The molecule has 152 valence electrons. The molecule has 1 heterocycles. The van der Waals surface area contributed by atoms with E-state index in [2.05, 4.69) is 5.16 Å². The number of hydrogen-bond acceptors (Lipinski definition) is 3. The summed E-state index contributed by atoms with van der Waals surface area (Å²) in [6.45, 7) is 0.623. The van der Waals surface area contributed by atoms with Crippen LogP contribution in [0.15, 0.2) is 84.0 Å². The molecule has 0 bridgehead atoms. The van der Waals surface area contributed by atoms with Crippen molar-refractivity contribution < 1.29 is 18.4 Å². The molecule has 0 spiro atoms. The second-order valence-corrected chi connectivity index (χ2v) is 7.16. The van der Waals surface area contributed by atoms with Crippen LogP contribution in [0.4, 0.5) is 8.78 Å². The maximum Gasteiger partial charge on any atom is 0.254 e. The summed E-state index contributed by atoms with van der Waals surface area (Å²) in [5.74, 6) is -1.10. The standard InChI is InChI=1S/C24H20F2N2O2/c25-20-10-4-8-18(12-20)23-14-22(30-27-23)16-28(15-17-6-2-1-3-7-17)24(29)19-9-5-11-21(26)13-19/h1-13,22H,14-16H2. The Bertz CT molecular complexity index is 1070. The molecule has 0 fully saturated rings. The van der Waals surface area contributed by atoms with Crippen LogP contribution in [0, 0.1) is 11.6 Å². The van der Waals surface area contributed by atoms with Crippen molar-refractivity contribution in [3.05, 3.63) is 107 Å². The van der Waals surface area contributed by atoms with E-state index in [0.29, 0.717) is 24.2 Å². The van der Waals surface area contributed by atoms with Gasteiger partial charge in [-0.05, 0) is 35.9 Å². The first-order chi connectivity index (χ1) is 14.6. The van der Waals surface area contributed by atoms with Crippen LogP contribution in [0.3, 0.4) is 0 Å². The number of rotatable bonds is 6. The fraction of sp³-hybridized carbons (Fsp3) is 0.167. The van der Waals surface area contributed by atoms with Crippen molar-refractivity contribution in [1.82, 2.24) is 4.90 Å². The zero-order valence-corrected chi connectivity index (χ0v) is 16.2. The molecule has 0 saturated heterocycles. The summed E-state index contributed by atoms with van der Waals surface area (Å²) in [5.41, 5.74) is 2.52. The molecule has 30 heavy (non-hydrogen) atoms. The van der Waals surface area contributed by atoms with Crippen LogP contribution in [-0.4, -0.2) is 29.2 Å². The van der Waals surface area contributed by atoms with Crippen LogP contribution in [0.1, 0.15) is 27.9 Å². The van der Waals surface area contributed by atoms with E-state index in [1.54, 1.807) is 23.1 Å². The number of benzene rings is 3. The highest BCUT2D eigenvalue weighted by molar-refractivity contribution is 6.01. The van der Waals surface area contributed by atoms with Crippen molar-refractivity contribution >= 4 is 11.6 Å². The van der Waals surface area contributed by atoms with Crippen molar-refractivity contribution in [1.29, 1.82) is 0 Å². The van der Waals surface area contributed by atoms with Crippen molar-refractivity contribution in [2.75, 3.05) is 6.54 Å². The van der Waals surface area contributed by atoms with Gasteiger partial charge in [0.25, 0.3) is 5.91 Å². The van der Waals surface area contributed by atoms with E-state index in [4.69, 9.17) is 4.84 Å². The van der Waals surface area contributed by atoms with Crippen molar-refractivity contribution in [3.8, 4) is 0 Å². The smallest absolute Gasteiger partial charge is 0.254 e. The van der Waals surface area contributed by atoms with Gasteiger partial charge in [-0.15, -0.1) is 0 Å². The highest BCUT2D eigenvalue weighted by atomic mass is 19.1. The van der Waals surface area contributed by atoms with Gasteiger partial charge in [-0.3, -0.25) is 4.79 Å². The first-order valence-corrected chi connectivity index (χ1v) is 9.66. The predicted molar refractivity (Wildman–Crippen MR) is 110 cm³/mol. The van der Waals surface area contributed by atoms with E-state index in [-0.39, 0.29) is 29.9 Å². The van der Waals surface area contributed by atoms with Gasteiger partial charge < -0.3 is 9.74 Å². The number of carbonyl (C=O) groups excluding carboxylic acids is 1. The van der Waals surface area contributed by atoms with Crippen LogP contribution in [-0.2, 0) is 11.4 Å². The highest BCUT2D eigenvalue weighted by Gasteiger charge is 2.27. The number of oxime groups is 1. The maximum atomic E-state index is 13.6. The minimum Gasteiger partial charge on any atom is -0.390 e. The SMILES string of the molecule is O=C(c1cccc(F)c1)N(Cc1ccccc1)CC1CC(c2cccc(F)c2)=NO1. The Kier molecular flexibility index (Phi) is 5.84. The van der Waals surface area contributed by atoms with Crippen LogP contribution >= 0.6 is 0 Å². The fourth-order valence-corrected chi connectivity index (χ4v) is 3.44. The molecule has 0 saturated carbocycles. The van der Waals surface area contributed by atoms with E-state index in [0.717, 1.165) is 5.56 Å². The Hall–Kier alpha value is -3.54. The molecule has 1 amide bonds. The van der Waals surface area contributed by atoms with Gasteiger partial charge in [0.05, 0.1) is 12.3 Å². The Balaban J connectivity index is 1.51. The van der Waals surface area contributed by atoms with Crippen LogP contribution in [0.5, 0.6) is 0 Å². The lowest BCUT2D eigenvalue weighted by Crippen LogP contribution is -2.37. The molecule has 4 nitrogen and oxygen atoms in total. The molecule has 4 rings (SSSR count). The Morgan fingerprint density at radius 2 is 1.70 bits per heavy atom. The first kappa shape index (κ1) is 19.8. The monoisotopic (exact) mass is 406 g/mol. The van der Waals surface area contributed by atoms with Gasteiger partial charge in [0.2, 0.25) is 0 Å². The molecule has 0 radical (unpaired) electrons. The first-order valence-electron chi connectivity index (χ1n) is 9.66. The molecule has 1 atom stereocenters. The van der Waals surface area contributed by atoms with Gasteiger partial charge in [-0.2, -0.15) is 0 Å². The lowest BCUT2D eigenvalue weighted by Gasteiger charge is -2.25. The third-order valence-corrected chi connectivity index (χ3v) is 4.89. The molecule has 1 aliphatic rings. The third-order valence-electron chi connectivity index (χ3n) is 4.89. The van der Waals surface area contributed by atoms with Gasteiger partial charge >= 0.3 is 0 Å². The number of halogens is 2. The van der Waals surface area contributed by atoms with Crippen LogP contribution < -0.4 is 0 Å². The van der Waals surface area contributed by atoms with E-state index in [1.807, 2.05) is 30.3 Å². The summed E-state index contributed by atoms with van der Waals surface area (Å²) in [6, 6.07) is 21.4. The van der Waals surface area contributed by atoms with Gasteiger partial charge in [0.15, 0.2) is 6.10 Å². The summed E-state index contributed by atoms with van der Waals surface area (Å²) >= 11 is 0. The number of amides is 1. The highest BCUT2D eigenvalue weighted by Crippen LogP contribution is 2.20. The van der Waals surface area contributed by atoms with Crippen molar-refractivity contribution in [3.63, 3.8) is 0 Å². The summed E-state index contributed by atoms with van der Waals surface area (Å²) in [5, 5.41) is 4.09. The summed E-state index contributed by atoms with van der Waals surface area (Å²) in [4.78, 5) is 20.3. The molecule has 1 aliphatic heterocycles. The van der Waals surface area contributed by atoms with E-state index < -0.39 is 5.82 Å². The van der Waals surface area contributed by atoms with Crippen molar-refractivity contribution in [2.24, 2.45) is 5.16 Å². The molecule has 6 heteroatoms. The quantitative estimate of drug-likeness (QED) is 0.590. The molecule has 0 aromatic heterocycles. The zero-order chi connectivity index (χ0) is 20.9. The molecule has 0 N–H and O–H groups in total. The fourth-order valence-electron chi connectivity index (χ4n) is 3.44. The second-order valence-electron chi connectivity index (χ2n) is 7.16. The summed E-state index contributed by atoms with van der Waals surface area (Å²) < 4.78 is 27.2. The van der Waals surface area contributed by atoms with Crippen LogP contribution in [0.25, 0.3) is 0 Å². The van der Waals surface area contributed by atoms with E-state index >= 15 is 0 Å². The molecule has 3 aromatic carbocycles. The minimum atomic E-state index is -0.464. The molecule has 0 aliphatic carbocycles. The Morgan fingerprint density at radius 1 is 0.967 bits per heavy atom. The summed E-state index contributed by atoms with van der Waals surface area (Å²) in [6.07, 6.45) is 0.0787. The van der Waals surface area contributed by atoms with E-state index in [9.17, 15) is 13.6 Å². The zero-order valence-electron chi connectivity index (χ0n) is 16.2. The minimum absolute atomic E-state index is 0.270. The number of nitrogens with zero attached hydrogens (tertiary/aromatic N) is 2. The van der Waals surface area contributed by atoms with Gasteiger partial charge in [-0.1, -0.05) is 53.7 Å². The average Bonchev–Trinajstić information content (AvgIpc) is 3.22. The number of carbonyl (C=O) groups is 1. The van der Waals surface area contributed by atoms with Gasteiger partial charge in [0.1, 0.15) is 11.6 Å². The largest absolute Gasteiger partial charge is 0.390 e. The molecular weight excluding hydrogens is 386 g/mol. The lowest BCUT2D eigenvalue weighted by atomic mass is 10.0. The lowest BCUT2D eigenvalue weighted by molar-refractivity contribution is 0.0405. The Labute approximate surface area is 173 Å². The number of hydrogen-bond donors (Lipinski definition) is 0. The van der Waals surface area contributed by atoms with Crippen molar-refractivity contribution in [2.45, 2.75) is 19.1 Å². The van der Waals surface area contributed by atoms with Crippen LogP contribution in [0.2, 0.25) is 0 Å². The second kappa shape index (κ2) is 8.86. The third kappa shape index (κ3) is 4.71. The average molecular weight is 406 g/mol. The van der Waals surface area contributed by atoms with Gasteiger partial charge in [-0.25, -0.2) is 8.78 Å². The van der Waals surface area contributed by atoms with E-state index in [1.165, 1.54) is 30.3 Å². The molecular formula is C24H20F2N2O2. The van der Waals surface area contributed by atoms with Gasteiger partial charge in [0, 0.05) is 24.1 Å². The predicted octanol–water partition coefficient (Wildman–Crippen LogP) is 4.80. The summed E-state index contributed by atoms with van der Waals surface area (Å²) in [7, 11) is 0. The normalized spacial score (nSPS) is 15.4. The topological polar surface area (TPSA) is 41.9 Å². The Morgan fingerprint density at radius 3 is 2.43 bits per heavy atom. The molecule has 1 unspecified atom stereocenters. The maximum absolute atomic E-state index is 13.6. The molecule has 3 aromatic rings.